The summed E-state index contributed by atoms with van der Waals surface area (Å²) in [7, 11) is 0. The van der Waals surface area contributed by atoms with Crippen LogP contribution in [0.4, 0.5) is 10.1 Å². The highest BCUT2D eigenvalue weighted by Crippen LogP contribution is 2.37. The molecule has 7 nitrogen and oxygen atoms in total. The Kier molecular flexibility index (Phi) is 4.35. The van der Waals surface area contributed by atoms with Gasteiger partial charge in [-0.1, -0.05) is 5.21 Å². The Morgan fingerprint density at radius 2 is 2.10 bits per heavy atom. The average molecular weight is 389 g/mol. The van der Waals surface area contributed by atoms with E-state index in [-0.39, 0.29) is 5.82 Å². The zero-order chi connectivity index (χ0) is 19.8. The van der Waals surface area contributed by atoms with Gasteiger partial charge in [-0.15, -0.1) is 5.10 Å². The van der Waals surface area contributed by atoms with Crippen LogP contribution in [0.5, 0.6) is 0 Å². The third kappa shape index (κ3) is 3.18. The van der Waals surface area contributed by atoms with Gasteiger partial charge in [0.1, 0.15) is 29.4 Å². The second kappa shape index (κ2) is 7.17. The summed E-state index contributed by atoms with van der Waals surface area (Å²) in [6, 6.07) is 8.37. The minimum atomic E-state index is -0.389. The zero-order valence-electron chi connectivity index (χ0n) is 15.8. The van der Waals surface area contributed by atoms with Crippen molar-refractivity contribution in [2.45, 2.75) is 31.6 Å². The number of nitrogens with zero attached hydrogens (tertiary/aromatic N) is 5. The molecule has 29 heavy (non-hydrogen) atoms. The van der Waals surface area contributed by atoms with Crippen LogP contribution in [0.1, 0.15) is 42.9 Å². The standard InChI is InChI=1S/C21H20FN7/c22-16-5-6-18(15(9-16)10-23)25-11-13-1-3-14(4-2-13)19-20-17-7-8-24-21(17)26-12-29(20)28-27-19/h5-9,12-14,24-25H,1-4,11H2. The van der Waals surface area contributed by atoms with Gasteiger partial charge in [-0.05, 0) is 55.9 Å². The van der Waals surface area contributed by atoms with Crippen molar-refractivity contribution in [2.75, 3.05) is 11.9 Å². The van der Waals surface area contributed by atoms with Crippen LogP contribution in [0.2, 0.25) is 0 Å². The molecule has 5 rings (SSSR count). The normalized spacial score (nSPS) is 19.4. The van der Waals surface area contributed by atoms with Crippen LogP contribution in [0.15, 0.2) is 36.8 Å². The van der Waals surface area contributed by atoms with Crippen LogP contribution in [-0.2, 0) is 0 Å². The van der Waals surface area contributed by atoms with Gasteiger partial charge in [-0.3, -0.25) is 0 Å². The molecule has 0 atom stereocenters. The molecule has 0 bridgehead atoms. The van der Waals surface area contributed by atoms with Gasteiger partial charge >= 0.3 is 0 Å². The first-order valence-corrected chi connectivity index (χ1v) is 9.83. The lowest BCUT2D eigenvalue weighted by Crippen LogP contribution is -2.21. The smallest absolute Gasteiger partial charge is 0.141 e. The minimum Gasteiger partial charge on any atom is -0.384 e. The van der Waals surface area contributed by atoms with Crippen LogP contribution < -0.4 is 5.32 Å². The summed E-state index contributed by atoms with van der Waals surface area (Å²) in [5, 5.41) is 22.3. The first-order valence-electron chi connectivity index (χ1n) is 9.83. The molecule has 2 N–H and O–H groups in total. The number of nitrogens with one attached hydrogen (secondary N) is 2. The molecule has 0 amide bonds. The fourth-order valence-electron chi connectivity index (χ4n) is 4.35. The highest BCUT2D eigenvalue weighted by molar-refractivity contribution is 5.92. The van der Waals surface area contributed by atoms with E-state index in [4.69, 9.17) is 0 Å². The van der Waals surface area contributed by atoms with Crippen molar-refractivity contribution in [1.82, 2.24) is 24.8 Å². The van der Waals surface area contributed by atoms with Crippen molar-refractivity contribution in [3.63, 3.8) is 0 Å². The summed E-state index contributed by atoms with van der Waals surface area (Å²) in [6.07, 6.45) is 7.83. The number of halogens is 1. The van der Waals surface area contributed by atoms with E-state index in [1.165, 1.54) is 12.1 Å². The van der Waals surface area contributed by atoms with E-state index in [1.54, 1.807) is 16.9 Å². The number of anilines is 1. The number of H-pyrrole nitrogens is 1. The topological polar surface area (TPSA) is 94.7 Å². The van der Waals surface area contributed by atoms with Gasteiger partial charge in [0, 0.05) is 24.0 Å². The number of nitriles is 1. The molecule has 0 aliphatic heterocycles. The predicted octanol–water partition coefficient (Wildman–Crippen LogP) is 4.00. The maximum absolute atomic E-state index is 13.3. The van der Waals surface area contributed by atoms with E-state index >= 15 is 0 Å². The molecule has 0 unspecified atom stereocenters. The molecular formula is C21H20FN7. The van der Waals surface area contributed by atoms with Crippen LogP contribution in [0.25, 0.3) is 16.6 Å². The Labute approximate surface area is 166 Å². The Morgan fingerprint density at radius 1 is 1.24 bits per heavy atom. The lowest BCUT2D eigenvalue weighted by molar-refractivity contribution is 0.336. The van der Waals surface area contributed by atoms with E-state index in [9.17, 15) is 9.65 Å². The quantitative estimate of drug-likeness (QED) is 0.550. The molecule has 8 heteroatoms. The number of hydrogen-bond acceptors (Lipinski definition) is 5. The maximum atomic E-state index is 13.3. The molecule has 1 aliphatic carbocycles. The van der Waals surface area contributed by atoms with Gasteiger partial charge < -0.3 is 10.3 Å². The highest BCUT2D eigenvalue weighted by Gasteiger charge is 2.27. The van der Waals surface area contributed by atoms with Crippen LogP contribution >= 0.6 is 0 Å². The molecule has 3 aromatic heterocycles. The van der Waals surface area contributed by atoms with Crippen molar-refractivity contribution in [1.29, 1.82) is 5.26 Å². The molecule has 146 valence electrons. The third-order valence-corrected chi connectivity index (χ3v) is 5.91. The van der Waals surface area contributed by atoms with Crippen LogP contribution in [0, 0.1) is 23.1 Å². The number of aromatic nitrogens is 5. The predicted molar refractivity (Wildman–Crippen MR) is 107 cm³/mol. The van der Waals surface area contributed by atoms with Crippen molar-refractivity contribution >= 4 is 22.2 Å². The molecule has 1 aromatic carbocycles. The molecule has 1 fully saturated rings. The van der Waals surface area contributed by atoms with E-state index in [2.05, 4.69) is 31.7 Å². The fourth-order valence-corrected chi connectivity index (χ4v) is 4.35. The minimum absolute atomic E-state index is 0.346. The van der Waals surface area contributed by atoms with Crippen molar-refractivity contribution in [3.8, 4) is 6.07 Å². The van der Waals surface area contributed by atoms with Gasteiger partial charge in [0.05, 0.1) is 16.9 Å². The van der Waals surface area contributed by atoms with Crippen molar-refractivity contribution in [3.05, 3.63) is 53.9 Å². The van der Waals surface area contributed by atoms with Gasteiger partial charge in [0.15, 0.2) is 0 Å². The molecule has 0 saturated heterocycles. The molecule has 1 aliphatic rings. The molecule has 0 spiro atoms. The summed E-state index contributed by atoms with van der Waals surface area (Å²) in [4.78, 5) is 7.51. The number of aromatic amines is 1. The van der Waals surface area contributed by atoms with E-state index in [0.29, 0.717) is 23.1 Å². The maximum Gasteiger partial charge on any atom is 0.141 e. The second-order valence-corrected chi connectivity index (χ2v) is 7.65. The highest BCUT2D eigenvalue weighted by atomic mass is 19.1. The number of hydrogen-bond donors (Lipinski definition) is 2. The van der Waals surface area contributed by atoms with Crippen molar-refractivity contribution in [2.24, 2.45) is 5.92 Å². The Balaban J connectivity index is 1.27. The first-order chi connectivity index (χ1) is 14.2. The Bertz CT molecular complexity index is 1210. The SMILES string of the molecule is N#Cc1cc(F)ccc1NCC1CCC(c2nnn3cnc4[nH]ccc4c23)CC1. The molecule has 1 saturated carbocycles. The van der Waals surface area contributed by atoms with Gasteiger partial charge in [-0.2, -0.15) is 5.26 Å². The monoisotopic (exact) mass is 389 g/mol. The Morgan fingerprint density at radius 3 is 2.93 bits per heavy atom. The summed E-state index contributed by atoms with van der Waals surface area (Å²) in [6.45, 7) is 0.779. The van der Waals surface area contributed by atoms with Crippen LogP contribution in [0.3, 0.4) is 0 Å². The second-order valence-electron chi connectivity index (χ2n) is 7.65. The number of fused-ring (bicyclic) bond motifs is 3. The zero-order valence-corrected chi connectivity index (χ0v) is 15.8. The van der Waals surface area contributed by atoms with Gasteiger partial charge in [0.2, 0.25) is 0 Å². The van der Waals surface area contributed by atoms with Crippen LogP contribution in [-0.4, -0.2) is 31.3 Å². The van der Waals surface area contributed by atoms with Gasteiger partial charge in [0.25, 0.3) is 0 Å². The van der Waals surface area contributed by atoms with Crippen molar-refractivity contribution < 1.29 is 4.39 Å². The molecule has 4 aromatic rings. The average Bonchev–Trinajstić information content (AvgIpc) is 3.39. The Hall–Kier alpha value is -3.47. The van der Waals surface area contributed by atoms with Gasteiger partial charge in [-0.25, -0.2) is 13.9 Å². The van der Waals surface area contributed by atoms with E-state index < -0.39 is 0 Å². The lowest BCUT2D eigenvalue weighted by atomic mass is 9.80. The van der Waals surface area contributed by atoms with E-state index in [0.717, 1.165) is 54.5 Å². The number of rotatable bonds is 4. The summed E-state index contributed by atoms with van der Waals surface area (Å²) in [5.41, 5.74) is 3.99. The summed E-state index contributed by atoms with van der Waals surface area (Å²) in [5.74, 6) is 0.503. The fraction of sp³-hybridized carbons (Fsp3) is 0.333. The van der Waals surface area contributed by atoms with E-state index in [1.807, 2.05) is 12.3 Å². The first kappa shape index (κ1) is 17.6. The number of benzene rings is 1. The summed E-state index contributed by atoms with van der Waals surface area (Å²) < 4.78 is 15.1. The molecule has 3 heterocycles. The largest absolute Gasteiger partial charge is 0.384 e. The third-order valence-electron chi connectivity index (χ3n) is 5.91. The summed E-state index contributed by atoms with van der Waals surface area (Å²) >= 11 is 0. The molecular weight excluding hydrogens is 369 g/mol. The molecule has 0 radical (unpaired) electrons. The lowest BCUT2D eigenvalue weighted by Gasteiger charge is -2.28.